The highest BCUT2D eigenvalue weighted by molar-refractivity contribution is 5.76. The third-order valence-electron chi connectivity index (χ3n) is 2.48. The zero-order valence-corrected chi connectivity index (χ0v) is 10.8. The van der Waals surface area contributed by atoms with Crippen LogP contribution in [-0.2, 0) is 4.79 Å². The molecule has 15 heavy (non-hydrogen) atoms. The summed E-state index contributed by atoms with van der Waals surface area (Å²) in [6.45, 7) is 9.87. The van der Waals surface area contributed by atoms with Crippen molar-refractivity contribution in [2.45, 2.75) is 40.5 Å². The fourth-order valence-corrected chi connectivity index (χ4v) is 2.04. The molecule has 0 aliphatic carbocycles. The molecule has 1 amide bonds. The van der Waals surface area contributed by atoms with Gasteiger partial charge in [-0.1, -0.05) is 27.7 Å². The Balaban J connectivity index is 4.14. The van der Waals surface area contributed by atoms with Gasteiger partial charge in [-0.3, -0.25) is 4.79 Å². The summed E-state index contributed by atoms with van der Waals surface area (Å²) in [4.78, 5) is 13.5. The molecule has 2 N–H and O–H groups in total. The summed E-state index contributed by atoms with van der Waals surface area (Å²) < 4.78 is 0. The molecule has 0 aromatic heterocycles. The van der Waals surface area contributed by atoms with Crippen molar-refractivity contribution in [3.63, 3.8) is 0 Å². The highest BCUT2D eigenvalue weighted by Crippen LogP contribution is 2.29. The average molecular weight is 214 g/mol. The monoisotopic (exact) mass is 214 g/mol. The fraction of sp³-hybridized carbons (Fsp3) is 0.917. The number of rotatable bonds is 6. The minimum absolute atomic E-state index is 0.0914. The van der Waals surface area contributed by atoms with Crippen molar-refractivity contribution in [2.24, 2.45) is 17.1 Å². The normalized spacial score (nSPS) is 11.9. The lowest BCUT2D eigenvalue weighted by molar-refractivity contribution is -0.132. The van der Waals surface area contributed by atoms with Crippen LogP contribution >= 0.6 is 0 Å². The Labute approximate surface area is 94.0 Å². The van der Waals surface area contributed by atoms with E-state index >= 15 is 0 Å². The molecule has 0 saturated heterocycles. The number of likely N-dealkylation sites (N-methyl/N-ethyl adjacent to an activating group) is 1. The van der Waals surface area contributed by atoms with E-state index < -0.39 is 0 Å². The maximum absolute atomic E-state index is 11.8. The standard InChI is InChI=1S/C12H26N2O/c1-10(2)8-12(3,4)9-11(15)14(5)7-6-13/h10H,6-9,13H2,1-5H3. The van der Waals surface area contributed by atoms with Gasteiger partial charge < -0.3 is 10.6 Å². The Hall–Kier alpha value is -0.570. The van der Waals surface area contributed by atoms with Crippen molar-refractivity contribution >= 4 is 5.91 Å². The minimum atomic E-state index is 0.0914. The first-order valence-corrected chi connectivity index (χ1v) is 5.72. The number of amides is 1. The molecule has 0 atom stereocenters. The highest BCUT2D eigenvalue weighted by atomic mass is 16.2. The predicted octanol–water partition coefficient (Wildman–Crippen LogP) is 1.87. The lowest BCUT2D eigenvalue weighted by Crippen LogP contribution is -2.34. The first kappa shape index (κ1) is 14.4. The first-order chi connectivity index (χ1) is 6.78. The Morgan fingerprint density at radius 1 is 1.40 bits per heavy atom. The van der Waals surface area contributed by atoms with Gasteiger partial charge in [-0.05, 0) is 17.8 Å². The van der Waals surface area contributed by atoms with Crippen LogP contribution in [0.25, 0.3) is 0 Å². The summed E-state index contributed by atoms with van der Waals surface area (Å²) in [5.41, 5.74) is 5.51. The van der Waals surface area contributed by atoms with Crippen molar-refractivity contribution in [2.75, 3.05) is 20.1 Å². The molecule has 0 saturated carbocycles. The number of carbonyl (C=O) groups excluding carboxylic acids is 1. The smallest absolute Gasteiger partial charge is 0.222 e. The Kier molecular flexibility index (Phi) is 5.88. The summed E-state index contributed by atoms with van der Waals surface area (Å²) in [5.74, 6) is 0.832. The van der Waals surface area contributed by atoms with Crippen LogP contribution in [0, 0.1) is 11.3 Å². The molecule has 0 radical (unpaired) electrons. The van der Waals surface area contributed by atoms with E-state index in [0.717, 1.165) is 6.42 Å². The van der Waals surface area contributed by atoms with Gasteiger partial charge in [0, 0.05) is 26.6 Å². The molecular weight excluding hydrogens is 188 g/mol. The van der Waals surface area contributed by atoms with Crippen LogP contribution in [0.3, 0.4) is 0 Å². The number of nitrogens with zero attached hydrogens (tertiary/aromatic N) is 1. The third-order valence-corrected chi connectivity index (χ3v) is 2.48. The van der Waals surface area contributed by atoms with E-state index in [9.17, 15) is 4.79 Å². The Morgan fingerprint density at radius 3 is 2.33 bits per heavy atom. The van der Waals surface area contributed by atoms with Crippen LogP contribution in [0.15, 0.2) is 0 Å². The van der Waals surface area contributed by atoms with Gasteiger partial charge in [0.15, 0.2) is 0 Å². The number of hydrogen-bond donors (Lipinski definition) is 1. The highest BCUT2D eigenvalue weighted by Gasteiger charge is 2.24. The van der Waals surface area contributed by atoms with Crippen LogP contribution < -0.4 is 5.73 Å². The molecule has 0 aromatic carbocycles. The molecule has 0 aromatic rings. The fourth-order valence-electron chi connectivity index (χ4n) is 2.04. The maximum atomic E-state index is 11.8. The Morgan fingerprint density at radius 2 is 1.93 bits per heavy atom. The van der Waals surface area contributed by atoms with Crippen molar-refractivity contribution in [3.05, 3.63) is 0 Å². The van der Waals surface area contributed by atoms with Gasteiger partial charge in [0.25, 0.3) is 0 Å². The Bertz CT molecular complexity index is 200. The van der Waals surface area contributed by atoms with Gasteiger partial charge in [-0.25, -0.2) is 0 Å². The predicted molar refractivity (Wildman–Crippen MR) is 64.5 cm³/mol. The van der Waals surface area contributed by atoms with Gasteiger partial charge in [0.05, 0.1) is 0 Å². The summed E-state index contributed by atoms with van der Waals surface area (Å²) in [6, 6.07) is 0. The second kappa shape index (κ2) is 6.11. The van der Waals surface area contributed by atoms with Gasteiger partial charge >= 0.3 is 0 Å². The van der Waals surface area contributed by atoms with Crippen molar-refractivity contribution in [3.8, 4) is 0 Å². The molecule has 90 valence electrons. The van der Waals surface area contributed by atoms with Crippen molar-refractivity contribution in [1.29, 1.82) is 0 Å². The minimum Gasteiger partial charge on any atom is -0.344 e. The lowest BCUT2D eigenvalue weighted by atomic mass is 9.81. The molecule has 3 nitrogen and oxygen atoms in total. The second-order valence-electron chi connectivity index (χ2n) is 5.54. The van der Waals surface area contributed by atoms with E-state index in [4.69, 9.17) is 5.73 Å². The molecule has 0 unspecified atom stereocenters. The zero-order chi connectivity index (χ0) is 12.1. The number of nitrogens with two attached hydrogens (primary N) is 1. The van der Waals surface area contributed by atoms with E-state index in [-0.39, 0.29) is 11.3 Å². The van der Waals surface area contributed by atoms with Crippen LogP contribution in [0.2, 0.25) is 0 Å². The van der Waals surface area contributed by atoms with Gasteiger partial charge in [0.1, 0.15) is 0 Å². The first-order valence-electron chi connectivity index (χ1n) is 5.72. The molecule has 0 heterocycles. The van der Waals surface area contributed by atoms with E-state index in [0.29, 0.717) is 25.4 Å². The van der Waals surface area contributed by atoms with E-state index in [1.165, 1.54) is 0 Å². The van der Waals surface area contributed by atoms with Crippen LogP contribution in [0.5, 0.6) is 0 Å². The number of hydrogen-bond acceptors (Lipinski definition) is 2. The molecule has 0 aliphatic rings. The van der Waals surface area contributed by atoms with Crippen molar-refractivity contribution in [1.82, 2.24) is 4.90 Å². The third kappa shape index (κ3) is 6.50. The topological polar surface area (TPSA) is 46.3 Å². The lowest BCUT2D eigenvalue weighted by Gasteiger charge is -2.28. The van der Waals surface area contributed by atoms with Crippen LogP contribution in [0.4, 0.5) is 0 Å². The van der Waals surface area contributed by atoms with Gasteiger partial charge in [0.2, 0.25) is 5.91 Å². The van der Waals surface area contributed by atoms with Crippen molar-refractivity contribution < 1.29 is 4.79 Å². The van der Waals surface area contributed by atoms with Gasteiger partial charge in [-0.15, -0.1) is 0 Å². The average Bonchev–Trinajstić information content (AvgIpc) is 2.00. The summed E-state index contributed by atoms with van der Waals surface area (Å²) in [6.07, 6.45) is 1.69. The summed E-state index contributed by atoms with van der Waals surface area (Å²) >= 11 is 0. The molecule has 0 rings (SSSR count). The molecule has 0 aliphatic heterocycles. The molecular formula is C12H26N2O. The van der Waals surface area contributed by atoms with Crippen LogP contribution in [0.1, 0.15) is 40.5 Å². The molecule has 0 spiro atoms. The van der Waals surface area contributed by atoms with Crippen LogP contribution in [-0.4, -0.2) is 30.9 Å². The largest absolute Gasteiger partial charge is 0.344 e. The van der Waals surface area contributed by atoms with E-state index in [1.54, 1.807) is 4.90 Å². The zero-order valence-electron chi connectivity index (χ0n) is 10.8. The molecule has 0 bridgehead atoms. The summed E-state index contributed by atoms with van der Waals surface area (Å²) in [5, 5.41) is 0. The summed E-state index contributed by atoms with van der Waals surface area (Å²) in [7, 11) is 1.82. The van der Waals surface area contributed by atoms with E-state index in [1.807, 2.05) is 7.05 Å². The van der Waals surface area contributed by atoms with Gasteiger partial charge in [-0.2, -0.15) is 0 Å². The number of carbonyl (C=O) groups is 1. The maximum Gasteiger partial charge on any atom is 0.222 e. The van der Waals surface area contributed by atoms with E-state index in [2.05, 4.69) is 27.7 Å². The quantitative estimate of drug-likeness (QED) is 0.733. The molecule has 3 heteroatoms. The second-order valence-corrected chi connectivity index (χ2v) is 5.54. The SMILES string of the molecule is CC(C)CC(C)(C)CC(=O)N(C)CCN. The molecule has 0 fully saturated rings.